The number of anilines is 1. The van der Waals surface area contributed by atoms with Gasteiger partial charge in [0, 0.05) is 11.7 Å². The first kappa shape index (κ1) is 20.5. The molecule has 0 aliphatic heterocycles. The van der Waals surface area contributed by atoms with Crippen molar-refractivity contribution in [2.45, 2.75) is 45.6 Å². The Kier molecular flexibility index (Phi) is 6.61. The van der Waals surface area contributed by atoms with Crippen molar-refractivity contribution >= 4 is 17.5 Å². The smallest absolute Gasteiger partial charge is 0.313 e. The van der Waals surface area contributed by atoms with Crippen molar-refractivity contribution < 1.29 is 14.3 Å². The van der Waals surface area contributed by atoms with Crippen molar-refractivity contribution in [3.63, 3.8) is 0 Å². The molecule has 2 aromatic carbocycles. The molecular weight excluding hydrogens is 340 g/mol. The van der Waals surface area contributed by atoms with Crippen molar-refractivity contribution in [3.8, 4) is 5.75 Å². The lowest BCUT2D eigenvalue weighted by molar-refractivity contribution is -0.136. The number of hydrogen-bond donors (Lipinski definition) is 2. The molecule has 0 aromatic heterocycles. The molecule has 0 saturated carbocycles. The van der Waals surface area contributed by atoms with Gasteiger partial charge in [-0.2, -0.15) is 0 Å². The van der Waals surface area contributed by atoms with E-state index in [9.17, 15) is 9.59 Å². The highest BCUT2D eigenvalue weighted by Crippen LogP contribution is 2.23. The summed E-state index contributed by atoms with van der Waals surface area (Å²) < 4.78 is 5.20. The average molecular weight is 368 g/mol. The van der Waals surface area contributed by atoms with Gasteiger partial charge in [0.05, 0.1) is 7.11 Å². The summed E-state index contributed by atoms with van der Waals surface area (Å²) in [7, 11) is 1.61. The molecule has 2 rings (SSSR count). The highest BCUT2D eigenvalue weighted by atomic mass is 16.5. The zero-order valence-corrected chi connectivity index (χ0v) is 16.6. The normalized spacial score (nSPS) is 12.2. The summed E-state index contributed by atoms with van der Waals surface area (Å²) in [6.45, 7) is 8.23. The van der Waals surface area contributed by atoms with Crippen LogP contribution >= 0.6 is 0 Å². The van der Waals surface area contributed by atoms with Gasteiger partial charge in [-0.3, -0.25) is 9.59 Å². The lowest BCUT2D eigenvalue weighted by Gasteiger charge is -2.19. The Morgan fingerprint density at radius 2 is 1.70 bits per heavy atom. The lowest BCUT2D eigenvalue weighted by Crippen LogP contribution is -2.41. The SMILES string of the molecule is COc1cccc(CC(C)NC(=O)C(=O)Nc2ccc(C(C)(C)C)cc2)c1. The maximum absolute atomic E-state index is 12.1. The fourth-order valence-electron chi connectivity index (χ4n) is 2.73. The molecule has 2 aromatic rings. The fourth-order valence-corrected chi connectivity index (χ4v) is 2.73. The summed E-state index contributed by atoms with van der Waals surface area (Å²) in [5, 5.41) is 5.37. The van der Waals surface area contributed by atoms with E-state index in [0.29, 0.717) is 12.1 Å². The van der Waals surface area contributed by atoms with Crippen LogP contribution in [0.1, 0.15) is 38.8 Å². The van der Waals surface area contributed by atoms with Crippen LogP contribution in [0.25, 0.3) is 0 Å². The number of nitrogens with one attached hydrogen (secondary N) is 2. The first-order valence-corrected chi connectivity index (χ1v) is 9.04. The van der Waals surface area contributed by atoms with Gasteiger partial charge in [0.2, 0.25) is 0 Å². The van der Waals surface area contributed by atoms with Crippen LogP contribution in [-0.4, -0.2) is 25.0 Å². The number of carbonyl (C=O) groups is 2. The number of rotatable bonds is 5. The zero-order chi connectivity index (χ0) is 20.0. The largest absolute Gasteiger partial charge is 0.497 e. The van der Waals surface area contributed by atoms with Gasteiger partial charge in [-0.25, -0.2) is 0 Å². The van der Waals surface area contributed by atoms with Crippen LogP contribution in [0.2, 0.25) is 0 Å². The minimum Gasteiger partial charge on any atom is -0.497 e. The summed E-state index contributed by atoms with van der Waals surface area (Å²) in [5.74, 6) is -0.552. The second-order valence-corrected chi connectivity index (χ2v) is 7.71. The van der Waals surface area contributed by atoms with E-state index < -0.39 is 11.8 Å². The third-order valence-electron chi connectivity index (χ3n) is 4.27. The predicted molar refractivity (Wildman–Crippen MR) is 108 cm³/mol. The van der Waals surface area contributed by atoms with E-state index >= 15 is 0 Å². The maximum atomic E-state index is 12.1. The van der Waals surface area contributed by atoms with Crippen LogP contribution in [0.3, 0.4) is 0 Å². The highest BCUT2D eigenvalue weighted by molar-refractivity contribution is 6.39. The molecule has 1 unspecified atom stereocenters. The molecule has 0 aliphatic rings. The van der Waals surface area contributed by atoms with E-state index in [-0.39, 0.29) is 11.5 Å². The third kappa shape index (κ3) is 6.13. The summed E-state index contributed by atoms with van der Waals surface area (Å²) in [6, 6.07) is 15.0. The molecule has 0 spiro atoms. The molecule has 0 bridgehead atoms. The van der Waals surface area contributed by atoms with Crippen molar-refractivity contribution in [1.29, 1.82) is 0 Å². The maximum Gasteiger partial charge on any atom is 0.313 e. The Balaban J connectivity index is 1.90. The molecule has 0 fully saturated rings. The molecule has 5 heteroatoms. The fraction of sp³-hybridized carbons (Fsp3) is 0.364. The lowest BCUT2D eigenvalue weighted by atomic mass is 9.87. The highest BCUT2D eigenvalue weighted by Gasteiger charge is 2.18. The van der Waals surface area contributed by atoms with E-state index in [1.165, 1.54) is 0 Å². The molecule has 2 amide bonds. The van der Waals surface area contributed by atoms with Crippen molar-refractivity contribution in [2.75, 3.05) is 12.4 Å². The van der Waals surface area contributed by atoms with E-state index in [1.54, 1.807) is 7.11 Å². The monoisotopic (exact) mass is 368 g/mol. The Bertz CT molecular complexity index is 792. The van der Waals surface area contributed by atoms with Gasteiger partial charge >= 0.3 is 11.8 Å². The summed E-state index contributed by atoms with van der Waals surface area (Å²) in [4.78, 5) is 24.3. The van der Waals surface area contributed by atoms with E-state index in [2.05, 4.69) is 31.4 Å². The summed E-state index contributed by atoms with van der Waals surface area (Å²) in [6.07, 6.45) is 0.608. The van der Waals surface area contributed by atoms with Crippen molar-refractivity contribution in [2.24, 2.45) is 0 Å². The number of carbonyl (C=O) groups excluding carboxylic acids is 2. The van der Waals surface area contributed by atoms with Gasteiger partial charge in [-0.15, -0.1) is 0 Å². The van der Waals surface area contributed by atoms with Crippen LogP contribution in [0.5, 0.6) is 5.75 Å². The average Bonchev–Trinajstić information content (AvgIpc) is 2.61. The van der Waals surface area contributed by atoms with Crippen LogP contribution in [-0.2, 0) is 21.4 Å². The molecule has 0 heterocycles. The van der Waals surface area contributed by atoms with Gasteiger partial charge in [0.25, 0.3) is 0 Å². The van der Waals surface area contributed by atoms with Gasteiger partial charge in [0.1, 0.15) is 5.75 Å². The van der Waals surface area contributed by atoms with Crippen molar-refractivity contribution in [3.05, 3.63) is 59.7 Å². The Labute approximate surface area is 161 Å². The zero-order valence-electron chi connectivity index (χ0n) is 16.6. The van der Waals surface area contributed by atoms with Crippen LogP contribution in [0.15, 0.2) is 48.5 Å². The number of methoxy groups -OCH3 is 1. The van der Waals surface area contributed by atoms with Gasteiger partial charge < -0.3 is 15.4 Å². The predicted octanol–water partition coefficient (Wildman–Crippen LogP) is 3.68. The number of ether oxygens (including phenoxy) is 1. The third-order valence-corrected chi connectivity index (χ3v) is 4.27. The minimum absolute atomic E-state index is 0.0372. The number of hydrogen-bond acceptors (Lipinski definition) is 3. The van der Waals surface area contributed by atoms with E-state index in [0.717, 1.165) is 16.9 Å². The molecule has 0 saturated heterocycles. The topological polar surface area (TPSA) is 67.4 Å². The summed E-state index contributed by atoms with van der Waals surface area (Å²) in [5.41, 5.74) is 2.83. The first-order valence-electron chi connectivity index (χ1n) is 9.04. The second kappa shape index (κ2) is 8.71. The molecule has 0 aliphatic carbocycles. The second-order valence-electron chi connectivity index (χ2n) is 7.71. The number of benzene rings is 2. The van der Waals surface area contributed by atoms with E-state index in [1.807, 2.05) is 55.5 Å². The van der Waals surface area contributed by atoms with Crippen LogP contribution in [0.4, 0.5) is 5.69 Å². The molecule has 5 nitrogen and oxygen atoms in total. The Morgan fingerprint density at radius 1 is 1.04 bits per heavy atom. The quantitative estimate of drug-likeness (QED) is 0.791. The van der Waals surface area contributed by atoms with Crippen molar-refractivity contribution in [1.82, 2.24) is 5.32 Å². The van der Waals surface area contributed by atoms with Gasteiger partial charge in [-0.1, -0.05) is 45.0 Å². The van der Waals surface area contributed by atoms with Gasteiger partial charge in [0.15, 0.2) is 0 Å². The molecule has 1 atom stereocenters. The standard InChI is InChI=1S/C22H28N2O3/c1-15(13-16-7-6-8-19(14-16)27-5)23-20(25)21(26)24-18-11-9-17(10-12-18)22(2,3)4/h6-12,14-15H,13H2,1-5H3,(H,23,25)(H,24,26). The molecule has 2 N–H and O–H groups in total. The molecular formula is C22H28N2O3. The minimum atomic E-state index is -0.670. The Hall–Kier alpha value is -2.82. The molecule has 0 radical (unpaired) electrons. The Morgan fingerprint density at radius 3 is 2.30 bits per heavy atom. The van der Waals surface area contributed by atoms with Crippen LogP contribution < -0.4 is 15.4 Å². The molecule has 144 valence electrons. The first-order chi connectivity index (χ1) is 12.7. The van der Waals surface area contributed by atoms with Crippen LogP contribution in [0, 0.1) is 0 Å². The van der Waals surface area contributed by atoms with E-state index in [4.69, 9.17) is 4.74 Å². The summed E-state index contributed by atoms with van der Waals surface area (Å²) >= 11 is 0. The molecule has 27 heavy (non-hydrogen) atoms. The number of amides is 2. The van der Waals surface area contributed by atoms with Gasteiger partial charge in [-0.05, 0) is 54.2 Å².